The van der Waals surface area contributed by atoms with Gasteiger partial charge in [-0.2, -0.15) is 0 Å². The van der Waals surface area contributed by atoms with Gasteiger partial charge >= 0.3 is 13.1 Å². The Hall–Kier alpha value is -1.96. The van der Waals surface area contributed by atoms with Gasteiger partial charge < -0.3 is 14.6 Å². The Morgan fingerprint density at radius 1 is 1.17 bits per heavy atom. The van der Waals surface area contributed by atoms with E-state index in [0.29, 0.717) is 21.1 Å². The van der Waals surface area contributed by atoms with E-state index in [1.54, 1.807) is 29.8 Å². The number of nitrogens with zero attached hydrogens (tertiary/aromatic N) is 1. The number of benzene rings is 3. The van der Waals surface area contributed by atoms with E-state index in [-0.39, 0.29) is 24.1 Å². The lowest BCUT2D eigenvalue weighted by Crippen LogP contribution is -2.44. The summed E-state index contributed by atoms with van der Waals surface area (Å²) in [4.78, 5) is 14.4. The molecule has 1 fully saturated rings. The molecule has 0 radical (unpaired) electrons. The van der Waals surface area contributed by atoms with Crippen molar-refractivity contribution in [1.29, 1.82) is 0 Å². The van der Waals surface area contributed by atoms with E-state index in [0.717, 1.165) is 10.8 Å². The lowest BCUT2D eigenvalue weighted by Gasteiger charge is -2.24. The highest BCUT2D eigenvalue weighted by atomic mass is 79.9. The fraction of sp³-hybridized carbons (Fsp3) is 0.261. The monoisotopic (exact) mass is 623 g/mol. The number of hydrogen-bond acceptors (Lipinski definition) is 6. The molecule has 1 amide bonds. The third-order valence-corrected chi connectivity index (χ3v) is 8.88. The molecule has 184 valence electrons. The van der Waals surface area contributed by atoms with Crippen LogP contribution in [0.5, 0.6) is 0 Å². The van der Waals surface area contributed by atoms with Gasteiger partial charge in [0.25, 0.3) is 0 Å². The van der Waals surface area contributed by atoms with E-state index in [9.17, 15) is 18.2 Å². The number of carbonyl (C=O) groups is 1. The summed E-state index contributed by atoms with van der Waals surface area (Å²) in [5.41, 5.74) is 0.636. The molecule has 0 unspecified atom stereocenters. The number of sulfonamides is 1. The van der Waals surface area contributed by atoms with Gasteiger partial charge in [0.2, 0.25) is 10.0 Å². The van der Waals surface area contributed by atoms with Crippen molar-refractivity contribution in [2.75, 3.05) is 18.5 Å². The molecule has 0 aromatic heterocycles. The minimum Gasteiger partial charge on any atom is -0.448 e. The number of halogens is 2. The Balaban J connectivity index is 1.40. The van der Waals surface area contributed by atoms with E-state index in [2.05, 4.69) is 41.9 Å². The van der Waals surface area contributed by atoms with Crippen LogP contribution in [0.4, 0.5) is 10.5 Å². The van der Waals surface area contributed by atoms with Gasteiger partial charge in [0.05, 0.1) is 10.6 Å². The lowest BCUT2D eigenvalue weighted by molar-refractivity contribution is 0.135. The second-order valence-electron chi connectivity index (χ2n) is 8.36. The standard InChI is InChI=1S/C23H24BBr2N3O5S/c1-24(31)29-13-17(28-35(32,33)22-11-16(25)9-10-20(22)26)12-18(29)14-34-23(30)27-21-8-4-6-15-5-2-3-7-19(15)21/h2-11,17-18,28,31H,12-14H2,1H3,(H,27,30)/t17-,18-/m1/s1. The minimum atomic E-state index is -3.82. The van der Waals surface area contributed by atoms with Crippen molar-refractivity contribution in [3.63, 3.8) is 0 Å². The van der Waals surface area contributed by atoms with Crippen molar-refractivity contribution in [2.24, 2.45) is 0 Å². The van der Waals surface area contributed by atoms with Crippen LogP contribution in [-0.2, 0) is 14.8 Å². The SMILES string of the molecule is CB(O)N1C[C@H](NS(=O)(=O)c2cc(Br)ccc2Br)C[C@@H]1COC(=O)Nc1cccc2ccccc12. The molecule has 3 aromatic rings. The zero-order chi connectivity index (χ0) is 25.2. The first-order valence-corrected chi connectivity index (χ1v) is 14.0. The molecule has 0 aliphatic carbocycles. The van der Waals surface area contributed by atoms with E-state index < -0.39 is 29.2 Å². The van der Waals surface area contributed by atoms with Crippen LogP contribution in [0.2, 0.25) is 6.82 Å². The minimum absolute atomic E-state index is 0.000304. The quantitative estimate of drug-likeness (QED) is 0.336. The van der Waals surface area contributed by atoms with Gasteiger partial charge in [-0.1, -0.05) is 52.3 Å². The number of carbonyl (C=O) groups excluding carboxylic acids is 1. The first-order valence-electron chi connectivity index (χ1n) is 11.0. The van der Waals surface area contributed by atoms with E-state index in [4.69, 9.17) is 4.74 Å². The van der Waals surface area contributed by atoms with Crippen molar-refractivity contribution in [2.45, 2.75) is 30.2 Å². The van der Waals surface area contributed by atoms with Crippen molar-refractivity contribution in [1.82, 2.24) is 9.53 Å². The molecule has 3 N–H and O–H groups in total. The molecule has 1 aliphatic rings. The van der Waals surface area contributed by atoms with Crippen molar-refractivity contribution in [3.8, 4) is 0 Å². The second-order valence-corrected chi connectivity index (χ2v) is 11.8. The van der Waals surface area contributed by atoms with Gasteiger partial charge in [-0.15, -0.1) is 0 Å². The number of rotatable bonds is 7. The normalized spacial score (nSPS) is 18.5. The molecule has 1 aliphatic heterocycles. The zero-order valence-electron chi connectivity index (χ0n) is 18.8. The second kappa shape index (κ2) is 11.0. The molecule has 35 heavy (non-hydrogen) atoms. The van der Waals surface area contributed by atoms with E-state index in [1.165, 1.54) is 6.07 Å². The number of anilines is 1. The van der Waals surface area contributed by atoms with Crippen LogP contribution < -0.4 is 10.0 Å². The number of ether oxygens (including phenoxy) is 1. The van der Waals surface area contributed by atoms with Crippen molar-refractivity contribution >= 4 is 71.5 Å². The fourth-order valence-electron chi connectivity index (χ4n) is 4.27. The highest BCUT2D eigenvalue weighted by molar-refractivity contribution is 9.11. The van der Waals surface area contributed by atoms with Crippen LogP contribution >= 0.6 is 31.9 Å². The van der Waals surface area contributed by atoms with Crippen LogP contribution in [0.25, 0.3) is 10.8 Å². The topological polar surface area (TPSA) is 108 Å². The maximum Gasteiger partial charge on any atom is 0.411 e. The summed E-state index contributed by atoms with van der Waals surface area (Å²) in [7, 11) is -4.65. The van der Waals surface area contributed by atoms with Gasteiger partial charge in [-0.3, -0.25) is 5.32 Å². The van der Waals surface area contributed by atoms with Crippen LogP contribution in [0.15, 0.2) is 74.5 Å². The Bertz CT molecular complexity index is 1340. The molecule has 0 bridgehead atoms. The fourth-order valence-corrected chi connectivity index (χ4v) is 7.01. The predicted molar refractivity (Wildman–Crippen MR) is 144 cm³/mol. The van der Waals surface area contributed by atoms with Crippen LogP contribution in [0, 0.1) is 0 Å². The molecule has 3 aromatic carbocycles. The summed E-state index contributed by atoms with van der Waals surface area (Å²) in [6, 6.07) is 17.4. The van der Waals surface area contributed by atoms with Crippen molar-refractivity contribution < 1.29 is 23.0 Å². The Labute approximate surface area is 221 Å². The first kappa shape index (κ1) is 26.1. The van der Waals surface area contributed by atoms with Crippen LogP contribution in [0.3, 0.4) is 0 Å². The van der Waals surface area contributed by atoms with Gasteiger partial charge in [-0.05, 0) is 58.8 Å². The number of fused-ring (bicyclic) bond motifs is 1. The van der Waals surface area contributed by atoms with Gasteiger partial charge in [0, 0.05) is 33.0 Å². The summed E-state index contributed by atoms with van der Waals surface area (Å²) in [6.07, 6.45) is -0.244. The average molecular weight is 625 g/mol. The summed E-state index contributed by atoms with van der Waals surface area (Å²) in [5, 5.41) is 14.9. The van der Waals surface area contributed by atoms with Crippen molar-refractivity contribution in [3.05, 3.63) is 69.6 Å². The summed E-state index contributed by atoms with van der Waals surface area (Å²) >= 11 is 6.59. The van der Waals surface area contributed by atoms with E-state index in [1.807, 2.05) is 36.4 Å². The molecule has 2 atom stereocenters. The Morgan fingerprint density at radius 2 is 1.91 bits per heavy atom. The molecule has 1 saturated heterocycles. The largest absolute Gasteiger partial charge is 0.448 e. The predicted octanol–water partition coefficient (Wildman–Crippen LogP) is 4.45. The molecule has 1 heterocycles. The summed E-state index contributed by atoms with van der Waals surface area (Å²) < 4.78 is 35.2. The third-order valence-electron chi connectivity index (χ3n) is 5.87. The van der Waals surface area contributed by atoms with E-state index >= 15 is 0 Å². The highest BCUT2D eigenvalue weighted by Gasteiger charge is 2.38. The molecule has 4 rings (SSSR count). The Morgan fingerprint density at radius 3 is 2.69 bits per heavy atom. The van der Waals surface area contributed by atoms with Crippen LogP contribution in [-0.4, -0.2) is 56.6 Å². The molecular weight excluding hydrogens is 601 g/mol. The highest BCUT2D eigenvalue weighted by Crippen LogP contribution is 2.28. The van der Waals surface area contributed by atoms with Gasteiger partial charge in [-0.25, -0.2) is 17.9 Å². The maximum atomic E-state index is 13.0. The summed E-state index contributed by atoms with van der Waals surface area (Å²) in [5.74, 6) is 0. The molecule has 0 spiro atoms. The first-order chi connectivity index (χ1) is 16.6. The van der Waals surface area contributed by atoms with Gasteiger partial charge in [0.1, 0.15) is 6.61 Å². The Kier molecular flexibility index (Phi) is 8.19. The smallest absolute Gasteiger partial charge is 0.411 e. The summed E-state index contributed by atoms with van der Waals surface area (Å²) in [6.45, 7) is 1.88. The maximum absolute atomic E-state index is 13.0. The molecule has 12 heteroatoms. The third kappa shape index (κ3) is 6.25. The lowest BCUT2D eigenvalue weighted by atomic mass is 9.84. The molecule has 8 nitrogen and oxygen atoms in total. The number of amides is 1. The number of hydrogen-bond donors (Lipinski definition) is 3. The van der Waals surface area contributed by atoms with Gasteiger partial charge in [0.15, 0.2) is 0 Å². The zero-order valence-corrected chi connectivity index (χ0v) is 22.8. The average Bonchev–Trinajstić information content (AvgIpc) is 3.22. The molecule has 0 saturated carbocycles. The van der Waals surface area contributed by atoms with Crippen LogP contribution in [0.1, 0.15) is 6.42 Å². The molecular formula is C23H24BBr2N3O5S. The number of nitrogens with one attached hydrogen (secondary N) is 2.